The smallest absolute Gasteiger partial charge is 0.487 e. The van der Waals surface area contributed by atoms with Crippen LogP contribution in [0.15, 0.2) is 18.2 Å². The Bertz CT molecular complexity index is 450. The fourth-order valence-corrected chi connectivity index (χ4v) is 2.43. The number of benzene rings is 1. The molecule has 0 N–H and O–H groups in total. The summed E-state index contributed by atoms with van der Waals surface area (Å²) in [4.78, 5) is 0. The lowest BCUT2D eigenvalue weighted by molar-refractivity contribution is -0.274. The zero-order chi connectivity index (χ0) is 14.1. The van der Waals surface area contributed by atoms with Crippen molar-refractivity contribution >= 4 is 0 Å². The number of ether oxygens (including phenoxy) is 2. The lowest BCUT2D eigenvalue weighted by Crippen LogP contribution is -2.38. The van der Waals surface area contributed by atoms with E-state index in [0.717, 1.165) is 31.2 Å². The van der Waals surface area contributed by atoms with E-state index >= 15 is 0 Å². The number of fused-ring (bicyclic) bond motifs is 1. The topological polar surface area (TPSA) is 18.5 Å². The molecule has 0 spiro atoms. The van der Waals surface area contributed by atoms with Gasteiger partial charge in [-0.25, -0.2) is 0 Å². The highest BCUT2D eigenvalue weighted by Gasteiger charge is 2.35. The van der Waals surface area contributed by atoms with E-state index in [4.69, 9.17) is 4.74 Å². The van der Waals surface area contributed by atoms with Gasteiger partial charge in [0.05, 0.1) is 0 Å². The summed E-state index contributed by atoms with van der Waals surface area (Å²) in [5.74, 6) is 0.283. The normalized spacial score (nSPS) is 17.5. The Hall–Kier alpha value is -1.39. The van der Waals surface area contributed by atoms with Crippen molar-refractivity contribution in [2.75, 3.05) is 0 Å². The minimum atomic E-state index is -4.67. The van der Waals surface area contributed by atoms with E-state index in [2.05, 4.69) is 4.74 Å². The number of hydrogen-bond acceptors (Lipinski definition) is 2. The van der Waals surface area contributed by atoms with Gasteiger partial charge in [0, 0.05) is 6.07 Å². The Morgan fingerprint density at radius 3 is 2.53 bits per heavy atom. The third-order valence-corrected chi connectivity index (χ3v) is 3.74. The van der Waals surface area contributed by atoms with Gasteiger partial charge < -0.3 is 9.47 Å². The maximum Gasteiger partial charge on any atom is 0.573 e. The van der Waals surface area contributed by atoms with Crippen molar-refractivity contribution < 1.29 is 22.6 Å². The summed E-state index contributed by atoms with van der Waals surface area (Å²) in [5.41, 5.74) is 0.677. The van der Waals surface area contributed by atoms with Crippen molar-refractivity contribution in [3.63, 3.8) is 0 Å². The predicted molar refractivity (Wildman–Crippen MR) is 65.4 cm³/mol. The van der Waals surface area contributed by atoms with Crippen molar-refractivity contribution in [1.29, 1.82) is 0 Å². The van der Waals surface area contributed by atoms with E-state index in [-0.39, 0.29) is 11.4 Å². The van der Waals surface area contributed by atoms with Gasteiger partial charge in [-0.3, -0.25) is 0 Å². The quantitative estimate of drug-likeness (QED) is 0.809. The van der Waals surface area contributed by atoms with E-state index in [1.165, 1.54) is 12.1 Å². The van der Waals surface area contributed by atoms with E-state index in [1.807, 2.05) is 13.8 Å². The second-order valence-electron chi connectivity index (χ2n) is 4.81. The highest BCUT2D eigenvalue weighted by Crippen LogP contribution is 2.39. The third kappa shape index (κ3) is 3.14. The first-order chi connectivity index (χ1) is 8.87. The number of aryl methyl sites for hydroxylation is 1. The van der Waals surface area contributed by atoms with Crippen molar-refractivity contribution in [3.05, 3.63) is 23.8 Å². The number of alkyl halides is 3. The van der Waals surface area contributed by atoms with Crippen LogP contribution in [0.3, 0.4) is 0 Å². The molecule has 0 saturated heterocycles. The SMILES string of the molecule is CCC1(CC)CCc2ccc(OC(F)(F)F)cc2O1. The average Bonchev–Trinajstić information content (AvgIpc) is 2.36. The first kappa shape index (κ1) is 14.0. The molecule has 2 nitrogen and oxygen atoms in total. The molecule has 1 aliphatic heterocycles. The summed E-state index contributed by atoms with van der Waals surface area (Å²) in [6, 6.07) is 4.31. The van der Waals surface area contributed by atoms with Gasteiger partial charge >= 0.3 is 6.36 Å². The average molecular weight is 274 g/mol. The van der Waals surface area contributed by atoms with Crippen LogP contribution in [0, 0.1) is 0 Å². The van der Waals surface area contributed by atoms with Crippen molar-refractivity contribution in [3.8, 4) is 11.5 Å². The van der Waals surface area contributed by atoms with Gasteiger partial charge in [0.15, 0.2) is 0 Å². The Morgan fingerprint density at radius 2 is 1.95 bits per heavy atom. The minimum Gasteiger partial charge on any atom is -0.487 e. The number of hydrogen-bond donors (Lipinski definition) is 0. The summed E-state index contributed by atoms with van der Waals surface area (Å²) in [6.07, 6.45) is -1.27. The molecule has 0 unspecified atom stereocenters. The highest BCUT2D eigenvalue weighted by atomic mass is 19.4. The van der Waals surface area contributed by atoms with Gasteiger partial charge in [0.25, 0.3) is 0 Å². The molecule has 5 heteroatoms. The second kappa shape index (κ2) is 4.94. The number of rotatable bonds is 3. The molecule has 1 aliphatic rings. The summed E-state index contributed by atoms with van der Waals surface area (Å²) < 4.78 is 46.4. The molecule has 0 bridgehead atoms. The van der Waals surface area contributed by atoms with Gasteiger partial charge in [-0.1, -0.05) is 19.9 Å². The summed E-state index contributed by atoms with van der Waals surface area (Å²) in [7, 11) is 0. The molecule has 0 aromatic heterocycles. The zero-order valence-corrected chi connectivity index (χ0v) is 11.0. The molecular weight excluding hydrogens is 257 g/mol. The molecule has 0 fully saturated rings. The highest BCUT2D eigenvalue weighted by molar-refractivity contribution is 5.42. The minimum absolute atomic E-state index is 0.228. The molecule has 0 amide bonds. The Labute approximate surface area is 110 Å². The summed E-state index contributed by atoms with van der Waals surface area (Å²) in [5, 5.41) is 0. The van der Waals surface area contributed by atoms with Gasteiger partial charge in [-0.05, 0) is 37.3 Å². The lowest BCUT2D eigenvalue weighted by Gasteiger charge is -2.37. The van der Waals surface area contributed by atoms with Crippen LogP contribution in [0.1, 0.15) is 38.7 Å². The van der Waals surface area contributed by atoms with Crippen molar-refractivity contribution in [1.82, 2.24) is 0 Å². The van der Waals surface area contributed by atoms with E-state index in [9.17, 15) is 13.2 Å². The maximum absolute atomic E-state index is 12.2. The molecule has 0 atom stereocenters. The van der Waals surface area contributed by atoms with Crippen LogP contribution in [0.25, 0.3) is 0 Å². The van der Waals surface area contributed by atoms with Crippen LogP contribution in [-0.4, -0.2) is 12.0 Å². The van der Waals surface area contributed by atoms with Crippen LogP contribution in [0.4, 0.5) is 13.2 Å². The molecule has 0 aliphatic carbocycles. The molecule has 1 aromatic rings. The summed E-state index contributed by atoms with van der Waals surface area (Å²) >= 11 is 0. The Balaban J connectivity index is 2.25. The van der Waals surface area contributed by atoms with Gasteiger partial charge in [-0.2, -0.15) is 0 Å². The van der Waals surface area contributed by atoms with E-state index < -0.39 is 6.36 Å². The van der Waals surface area contributed by atoms with E-state index in [1.54, 1.807) is 6.07 Å². The zero-order valence-electron chi connectivity index (χ0n) is 11.0. The van der Waals surface area contributed by atoms with Crippen LogP contribution in [0.5, 0.6) is 11.5 Å². The second-order valence-corrected chi connectivity index (χ2v) is 4.81. The van der Waals surface area contributed by atoms with Gasteiger partial charge in [0.1, 0.15) is 17.1 Å². The fraction of sp³-hybridized carbons (Fsp3) is 0.571. The van der Waals surface area contributed by atoms with Gasteiger partial charge in [0.2, 0.25) is 0 Å². The molecule has 1 heterocycles. The lowest BCUT2D eigenvalue weighted by atomic mass is 9.87. The van der Waals surface area contributed by atoms with Crippen LogP contribution in [0.2, 0.25) is 0 Å². The Kier molecular flexibility index (Phi) is 3.65. The molecule has 2 rings (SSSR count). The van der Waals surface area contributed by atoms with Crippen molar-refractivity contribution in [2.24, 2.45) is 0 Å². The molecule has 0 radical (unpaired) electrons. The van der Waals surface area contributed by atoms with Crippen molar-refractivity contribution in [2.45, 2.75) is 51.5 Å². The molecule has 106 valence electrons. The molecule has 1 aromatic carbocycles. The Morgan fingerprint density at radius 1 is 1.26 bits per heavy atom. The first-order valence-electron chi connectivity index (χ1n) is 6.45. The third-order valence-electron chi connectivity index (χ3n) is 3.74. The van der Waals surface area contributed by atoms with Gasteiger partial charge in [-0.15, -0.1) is 13.2 Å². The first-order valence-corrected chi connectivity index (χ1v) is 6.45. The maximum atomic E-state index is 12.2. The molecule has 0 saturated carbocycles. The standard InChI is InChI=1S/C14H17F3O2/c1-3-13(4-2)8-7-10-5-6-11(9-12(10)19-13)18-14(15,16)17/h5-6,9H,3-4,7-8H2,1-2H3. The molecule has 19 heavy (non-hydrogen) atoms. The fourth-order valence-electron chi connectivity index (χ4n) is 2.43. The van der Waals surface area contributed by atoms with Crippen LogP contribution < -0.4 is 9.47 Å². The molecular formula is C14H17F3O2. The monoisotopic (exact) mass is 274 g/mol. The number of halogens is 3. The van der Waals surface area contributed by atoms with E-state index in [0.29, 0.717) is 5.75 Å². The summed E-state index contributed by atoms with van der Waals surface area (Å²) in [6.45, 7) is 4.06. The van der Waals surface area contributed by atoms with Crippen LogP contribution in [-0.2, 0) is 6.42 Å². The van der Waals surface area contributed by atoms with Crippen LogP contribution >= 0.6 is 0 Å². The largest absolute Gasteiger partial charge is 0.573 e. The predicted octanol–water partition coefficient (Wildman–Crippen LogP) is 4.47.